The minimum atomic E-state index is -2.91. The quantitative estimate of drug-likeness (QED) is 0.297. The van der Waals surface area contributed by atoms with Gasteiger partial charge in [-0.15, -0.1) is 0 Å². The maximum atomic E-state index is 8.44. The van der Waals surface area contributed by atoms with Crippen molar-refractivity contribution in [1.82, 2.24) is 4.98 Å². The molecule has 0 saturated carbocycles. The number of pyridine rings is 2. The molecule has 3 aromatic heterocycles. The number of furan rings is 1. The van der Waals surface area contributed by atoms with Gasteiger partial charge in [-0.2, -0.15) is 0 Å². The molecule has 0 unspecified atom stereocenters. The summed E-state index contributed by atoms with van der Waals surface area (Å²) in [5, 5.41) is 1.44. The summed E-state index contributed by atoms with van der Waals surface area (Å²) in [6.07, 6.45) is 4.54. The molecule has 5 aromatic rings. The van der Waals surface area contributed by atoms with Crippen molar-refractivity contribution in [2.24, 2.45) is 7.05 Å². The van der Waals surface area contributed by atoms with Crippen LogP contribution in [0.3, 0.4) is 0 Å². The van der Waals surface area contributed by atoms with E-state index in [-0.39, 0.29) is 16.7 Å². The molecule has 0 saturated heterocycles. The van der Waals surface area contributed by atoms with Gasteiger partial charge in [0.15, 0.2) is 6.20 Å². The third kappa shape index (κ3) is 2.35. The standard InChI is InChI=1S/C28H25N2O/c1-16-11-13-30(5)23(14-16)24-17(2)6-7-18-19-8-9-21-25(27(19)31-26(18)24)20-10-12-29-15-22(20)28(21,3)4/h6-15H,1-5H3/q+1/i1D3,3D3,4D3. The molecular weight excluding hydrogens is 380 g/mol. The van der Waals surface area contributed by atoms with Crippen LogP contribution in [0, 0.1) is 13.8 Å². The van der Waals surface area contributed by atoms with E-state index in [0.29, 0.717) is 38.9 Å². The first-order valence-electron chi connectivity index (χ1n) is 14.5. The van der Waals surface area contributed by atoms with Crippen molar-refractivity contribution in [2.45, 2.75) is 32.9 Å². The summed E-state index contributed by atoms with van der Waals surface area (Å²) in [5.41, 5.74) is 2.10. The van der Waals surface area contributed by atoms with Crippen LogP contribution in [-0.2, 0) is 12.5 Å². The van der Waals surface area contributed by atoms with Crippen molar-refractivity contribution >= 4 is 21.9 Å². The number of benzene rings is 2. The molecule has 0 bridgehead atoms. The van der Waals surface area contributed by atoms with Gasteiger partial charge in [-0.25, -0.2) is 4.57 Å². The number of hydrogen-bond acceptors (Lipinski definition) is 2. The van der Waals surface area contributed by atoms with Crippen molar-refractivity contribution in [3.8, 4) is 22.4 Å². The van der Waals surface area contributed by atoms with E-state index in [4.69, 9.17) is 16.8 Å². The minimum absolute atomic E-state index is 0.117. The molecule has 3 heteroatoms. The fraction of sp³-hybridized carbons (Fsp3) is 0.214. The molecule has 1 aliphatic rings. The zero-order valence-corrected chi connectivity index (χ0v) is 17.1. The highest BCUT2D eigenvalue weighted by Crippen LogP contribution is 2.52. The number of nitrogens with zero attached hydrogens (tertiary/aromatic N) is 2. The first-order chi connectivity index (χ1) is 18.6. The Morgan fingerprint density at radius 1 is 0.968 bits per heavy atom. The second kappa shape index (κ2) is 6.04. The lowest BCUT2D eigenvalue weighted by atomic mass is 9.83. The second-order valence-electron chi connectivity index (χ2n) is 8.18. The average Bonchev–Trinajstić information content (AvgIpc) is 3.37. The highest BCUT2D eigenvalue weighted by atomic mass is 16.3. The van der Waals surface area contributed by atoms with E-state index in [2.05, 4.69) is 4.98 Å². The fourth-order valence-corrected chi connectivity index (χ4v) is 4.77. The van der Waals surface area contributed by atoms with Crippen LogP contribution >= 0.6 is 0 Å². The van der Waals surface area contributed by atoms with Gasteiger partial charge in [-0.05, 0) is 47.7 Å². The molecular formula is C28H25N2O+. The van der Waals surface area contributed by atoms with Crippen molar-refractivity contribution in [2.75, 3.05) is 0 Å². The Kier molecular flexibility index (Phi) is 2.19. The zero-order chi connectivity index (χ0) is 29.0. The Balaban J connectivity index is 1.75. The monoisotopic (exact) mass is 414 g/mol. The molecule has 1 aliphatic carbocycles. The highest BCUT2D eigenvalue weighted by Gasteiger charge is 2.38. The van der Waals surface area contributed by atoms with E-state index < -0.39 is 26.0 Å². The van der Waals surface area contributed by atoms with Crippen LogP contribution in [0.15, 0.2) is 65.5 Å². The lowest BCUT2D eigenvalue weighted by Gasteiger charge is -2.20. The highest BCUT2D eigenvalue weighted by molar-refractivity contribution is 6.14. The van der Waals surface area contributed by atoms with Crippen LogP contribution in [0.5, 0.6) is 0 Å². The summed E-state index contributed by atoms with van der Waals surface area (Å²) in [6, 6.07) is 11.9. The molecule has 2 aromatic carbocycles. The minimum Gasteiger partial charge on any atom is -0.454 e. The smallest absolute Gasteiger partial charge is 0.216 e. The van der Waals surface area contributed by atoms with Crippen LogP contribution < -0.4 is 4.57 Å². The number of hydrogen-bond donors (Lipinski definition) is 0. The van der Waals surface area contributed by atoms with E-state index in [9.17, 15) is 0 Å². The molecule has 31 heavy (non-hydrogen) atoms. The second-order valence-corrected chi connectivity index (χ2v) is 8.18. The van der Waals surface area contributed by atoms with Crippen LogP contribution in [0.1, 0.15) is 48.3 Å². The molecule has 6 rings (SSSR count). The van der Waals surface area contributed by atoms with Gasteiger partial charge in [0, 0.05) is 58.6 Å². The van der Waals surface area contributed by atoms with Crippen LogP contribution in [0.25, 0.3) is 44.3 Å². The summed E-state index contributed by atoms with van der Waals surface area (Å²) < 4.78 is 82.8. The molecule has 3 nitrogen and oxygen atoms in total. The van der Waals surface area contributed by atoms with Crippen molar-refractivity contribution in [1.29, 1.82) is 0 Å². The summed E-state index contributed by atoms with van der Waals surface area (Å²) in [5.74, 6) is 0. The SMILES string of the molecule is [2H]C([2H])([2H])c1cc[n+](C)c(-c2c(C)ccc3c2oc2c4c(ccc23)C(C([2H])([2H])[2H])(C([2H])([2H])[2H])c2cnccc2-4)c1. The first-order valence-corrected chi connectivity index (χ1v) is 10.0. The average molecular weight is 415 g/mol. The van der Waals surface area contributed by atoms with Gasteiger partial charge < -0.3 is 4.42 Å². The molecule has 3 heterocycles. The summed E-state index contributed by atoms with van der Waals surface area (Å²) in [6.45, 7) is -6.22. The van der Waals surface area contributed by atoms with Gasteiger partial charge in [-0.3, -0.25) is 4.98 Å². The number of aromatic nitrogens is 2. The predicted molar refractivity (Wildman–Crippen MR) is 125 cm³/mol. The molecule has 0 N–H and O–H groups in total. The largest absolute Gasteiger partial charge is 0.454 e. The summed E-state index contributed by atoms with van der Waals surface area (Å²) in [4.78, 5) is 4.11. The lowest BCUT2D eigenvalue weighted by molar-refractivity contribution is -0.660. The van der Waals surface area contributed by atoms with Crippen LogP contribution in [0.4, 0.5) is 0 Å². The topological polar surface area (TPSA) is 29.9 Å². The number of rotatable bonds is 1. The maximum absolute atomic E-state index is 8.44. The van der Waals surface area contributed by atoms with E-state index >= 15 is 0 Å². The van der Waals surface area contributed by atoms with Crippen LogP contribution in [0.2, 0.25) is 0 Å². The fourth-order valence-electron chi connectivity index (χ4n) is 4.77. The molecule has 0 fully saturated rings. The van der Waals surface area contributed by atoms with Gasteiger partial charge in [0.25, 0.3) is 0 Å². The Labute approximate surface area is 194 Å². The maximum Gasteiger partial charge on any atom is 0.216 e. The number of aryl methyl sites for hydroxylation is 3. The van der Waals surface area contributed by atoms with E-state index in [1.54, 1.807) is 36.5 Å². The molecule has 0 spiro atoms. The van der Waals surface area contributed by atoms with Crippen molar-refractivity contribution in [3.63, 3.8) is 0 Å². The van der Waals surface area contributed by atoms with E-state index in [1.165, 1.54) is 12.4 Å². The Morgan fingerprint density at radius 2 is 1.77 bits per heavy atom. The van der Waals surface area contributed by atoms with Crippen LogP contribution in [-0.4, -0.2) is 4.98 Å². The molecule has 0 atom stereocenters. The third-order valence-electron chi connectivity index (χ3n) is 6.32. The Hall–Kier alpha value is -3.46. The lowest BCUT2D eigenvalue weighted by Crippen LogP contribution is -2.30. The van der Waals surface area contributed by atoms with Gasteiger partial charge in [0.2, 0.25) is 5.69 Å². The Morgan fingerprint density at radius 3 is 2.58 bits per heavy atom. The predicted octanol–water partition coefficient (Wildman–Crippen LogP) is 6.40. The third-order valence-corrected chi connectivity index (χ3v) is 6.32. The van der Waals surface area contributed by atoms with Gasteiger partial charge in [-0.1, -0.05) is 38.0 Å². The molecule has 0 amide bonds. The van der Waals surface area contributed by atoms with Crippen molar-refractivity contribution in [3.05, 3.63) is 83.3 Å². The normalized spacial score (nSPS) is 19.7. The van der Waals surface area contributed by atoms with Gasteiger partial charge >= 0.3 is 0 Å². The number of fused-ring (bicyclic) bond motifs is 7. The zero-order valence-electron chi connectivity index (χ0n) is 26.1. The van der Waals surface area contributed by atoms with Gasteiger partial charge in [0.1, 0.15) is 18.2 Å². The van der Waals surface area contributed by atoms with Crippen molar-refractivity contribution < 1.29 is 21.3 Å². The first kappa shape index (κ1) is 11.2. The van der Waals surface area contributed by atoms with E-state index in [1.807, 2.05) is 30.7 Å². The summed E-state index contributed by atoms with van der Waals surface area (Å²) in [7, 11) is 1.82. The Bertz CT molecular complexity index is 1830. The molecule has 0 radical (unpaired) electrons. The molecule has 0 aliphatic heterocycles. The summed E-state index contributed by atoms with van der Waals surface area (Å²) >= 11 is 0. The van der Waals surface area contributed by atoms with E-state index in [0.717, 1.165) is 10.9 Å². The van der Waals surface area contributed by atoms with Gasteiger partial charge in [0.05, 0.1) is 5.56 Å². The molecule has 152 valence electrons.